The lowest BCUT2D eigenvalue weighted by Crippen LogP contribution is -2.37. The van der Waals surface area contributed by atoms with Crippen LogP contribution in [0.2, 0.25) is 0 Å². The standard InChI is InChI=1S/C7H10N4/c8-6-4-7(10-5-9-6)11-2-1-3-11/h4-5H,1-3H2,(H2,8,9,10). The molecule has 0 unspecified atom stereocenters. The monoisotopic (exact) mass is 150 g/mol. The van der Waals surface area contributed by atoms with Crippen molar-refractivity contribution in [1.29, 1.82) is 0 Å². The number of rotatable bonds is 1. The SMILES string of the molecule is Nc1cc(N2CCC2)ncn1. The van der Waals surface area contributed by atoms with Crippen LogP contribution >= 0.6 is 0 Å². The fourth-order valence-electron chi connectivity index (χ4n) is 1.08. The van der Waals surface area contributed by atoms with Crippen molar-refractivity contribution in [1.82, 2.24) is 9.97 Å². The quantitative estimate of drug-likeness (QED) is 0.624. The van der Waals surface area contributed by atoms with Crippen LogP contribution in [-0.4, -0.2) is 23.1 Å². The molecule has 0 atom stereocenters. The zero-order valence-electron chi connectivity index (χ0n) is 6.20. The molecule has 1 fully saturated rings. The number of aromatic nitrogens is 2. The Morgan fingerprint density at radius 2 is 2.18 bits per heavy atom. The maximum absolute atomic E-state index is 5.50. The third-order valence-corrected chi connectivity index (χ3v) is 1.85. The lowest BCUT2D eigenvalue weighted by Gasteiger charge is -2.31. The first-order valence-corrected chi connectivity index (χ1v) is 3.69. The average molecular weight is 150 g/mol. The zero-order valence-corrected chi connectivity index (χ0v) is 6.20. The summed E-state index contributed by atoms with van der Waals surface area (Å²) in [5.74, 6) is 1.49. The highest BCUT2D eigenvalue weighted by Gasteiger charge is 2.15. The summed E-state index contributed by atoms with van der Waals surface area (Å²) >= 11 is 0. The summed E-state index contributed by atoms with van der Waals surface area (Å²) in [6.07, 6.45) is 2.76. The highest BCUT2D eigenvalue weighted by Crippen LogP contribution is 2.17. The lowest BCUT2D eigenvalue weighted by molar-refractivity contribution is 0.609. The summed E-state index contributed by atoms with van der Waals surface area (Å²) in [7, 11) is 0. The van der Waals surface area contributed by atoms with E-state index in [1.807, 2.05) is 0 Å². The van der Waals surface area contributed by atoms with Gasteiger partial charge in [0.05, 0.1) is 0 Å². The Bertz CT molecular complexity index is 256. The molecule has 0 aliphatic carbocycles. The van der Waals surface area contributed by atoms with Crippen LogP contribution in [0.3, 0.4) is 0 Å². The fourth-order valence-corrected chi connectivity index (χ4v) is 1.08. The summed E-state index contributed by atoms with van der Waals surface area (Å²) in [4.78, 5) is 10.1. The van der Waals surface area contributed by atoms with Gasteiger partial charge < -0.3 is 10.6 Å². The molecule has 0 bridgehead atoms. The van der Waals surface area contributed by atoms with Crippen LogP contribution in [0.15, 0.2) is 12.4 Å². The third kappa shape index (κ3) is 1.11. The molecular weight excluding hydrogens is 140 g/mol. The van der Waals surface area contributed by atoms with Gasteiger partial charge in [-0.3, -0.25) is 0 Å². The molecule has 1 aliphatic rings. The van der Waals surface area contributed by atoms with E-state index in [2.05, 4.69) is 14.9 Å². The van der Waals surface area contributed by atoms with Crippen LogP contribution in [0, 0.1) is 0 Å². The second-order valence-corrected chi connectivity index (χ2v) is 2.64. The van der Waals surface area contributed by atoms with Crippen LogP contribution < -0.4 is 10.6 Å². The second kappa shape index (κ2) is 2.38. The lowest BCUT2D eigenvalue weighted by atomic mass is 10.2. The molecule has 2 heterocycles. The predicted molar refractivity (Wildman–Crippen MR) is 43.3 cm³/mol. The molecule has 2 N–H and O–H groups in total. The molecular formula is C7H10N4. The van der Waals surface area contributed by atoms with E-state index in [9.17, 15) is 0 Å². The minimum absolute atomic E-state index is 0.543. The van der Waals surface area contributed by atoms with Crippen LogP contribution in [-0.2, 0) is 0 Å². The Balaban J connectivity index is 2.23. The second-order valence-electron chi connectivity index (χ2n) is 2.64. The molecule has 0 amide bonds. The van der Waals surface area contributed by atoms with Crippen molar-refractivity contribution in [2.24, 2.45) is 0 Å². The van der Waals surface area contributed by atoms with E-state index in [1.54, 1.807) is 6.07 Å². The molecule has 1 aromatic rings. The van der Waals surface area contributed by atoms with E-state index in [-0.39, 0.29) is 0 Å². The Morgan fingerprint density at radius 3 is 2.73 bits per heavy atom. The maximum atomic E-state index is 5.50. The molecule has 1 aromatic heterocycles. The number of nitrogens with zero attached hydrogens (tertiary/aromatic N) is 3. The van der Waals surface area contributed by atoms with Gasteiger partial charge >= 0.3 is 0 Å². The molecule has 0 radical (unpaired) electrons. The van der Waals surface area contributed by atoms with Gasteiger partial charge in [0, 0.05) is 19.2 Å². The molecule has 58 valence electrons. The summed E-state index contributed by atoms with van der Waals surface area (Å²) in [6.45, 7) is 2.19. The van der Waals surface area contributed by atoms with Crippen molar-refractivity contribution in [2.75, 3.05) is 23.7 Å². The summed E-state index contributed by atoms with van der Waals surface area (Å²) in [5.41, 5.74) is 5.50. The van der Waals surface area contributed by atoms with Gasteiger partial charge in [-0.15, -0.1) is 0 Å². The number of anilines is 2. The summed E-state index contributed by atoms with van der Waals surface area (Å²) < 4.78 is 0. The molecule has 2 rings (SSSR count). The van der Waals surface area contributed by atoms with Crippen LogP contribution in [0.25, 0.3) is 0 Å². The van der Waals surface area contributed by atoms with E-state index in [4.69, 9.17) is 5.73 Å². The number of hydrogen-bond donors (Lipinski definition) is 1. The van der Waals surface area contributed by atoms with Crippen molar-refractivity contribution < 1.29 is 0 Å². The molecule has 0 saturated carbocycles. The number of nitrogens with two attached hydrogens (primary N) is 1. The normalized spacial score (nSPS) is 16.2. The van der Waals surface area contributed by atoms with Crippen molar-refractivity contribution in [3.05, 3.63) is 12.4 Å². The van der Waals surface area contributed by atoms with E-state index in [1.165, 1.54) is 12.7 Å². The Morgan fingerprint density at radius 1 is 1.36 bits per heavy atom. The van der Waals surface area contributed by atoms with Crippen molar-refractivity contribution in [3.63, 3.8) is 0 Å². The largest absolute Gasteiger partial charge is 0.384 e. The minimum atomic E-state index is 0.543. The fraction of sp³-hybridized carbons (Fsp3) is 0.429. The van der Waals surface area contributed by atoms with E-state index in [0.29, 0.717) is 5.82 Å². The van der Waals surface area contributed by atoms with E-state index in [0.717, 1.165) is 18.9 Å². The first-order chi connectivity index (χ1) is 5.36. The van der Waals surface area contributed by atoms with Crippen LogP contribution in [0.1, 0.15) is 6.42 Å². The highest BCUT2D eigenvalue weighted by molar-refractivity contribution is 5.47. The van der Waals surface area contributed by atoms with Gasteiger partial charge in [-0.25, -0.2) is 9.97 Å². The molecule has 1 aliphatic heterocycles. The first kappa shape index (κ1) is 6.39. The smallest absolute Gasteiger partial charge is 0.134 e. The molecule has 11 heavy (non-hydrogen) atoms. The Hall–Kier alpha value is -1.32. The number of hydrogen-bond acceptors (Lipinski definition) is 4. The van der Waals surface area contributed by atoms with Crippen molar-refractivity contribution in [2.45, 2.75) is 6.42 Å². The topological polar surface area (TPSA) is 55.0 Å². The molecule has 4 heteroatoms. The Kier molecular flexibility index (Phi) is 1.38. The summed E-state index contributed by atoms with van der Waals surface area (Å²) in [6, 6.07) is 1.80. The van der Waals surface area contributed by atoms with Crippen molar-refractivity contribution in [3.8, 4) is 0 Å². The van der Waals surface area contributed by atoms with Gasteiger partial charge in [-0.05, 0) is 6.42 Å². The zero-order chi connectivity index (χ0) is 7.68. The van der Waals surface area contributed by atoms with Crippen LogP contribution in [0.4, 0.5) is 11.6 Å². The predicted octanol–water partition coefficient (Wildman–Crippen LogP) is 0.269. The van der Waals surface area contributed by atoms with Gasteiger partial charge in [0.15, 0.2) is 0 Å². The van der Waals surface area contributed by atoms with E-state index < -0.39 is 0 Å². The molecule has 0 spiro atoms. The highest BCUT2D eigenvalue weighted by atomic mass is 15.2. The Labute approximate surface area is 65.1 Å². The number of nitrogen functional groups attached to an aromatic ring is 1. The first-order valence-electron chi connectivity index (χ1n) is 3.69. The van der Waals surface area contributed by atoms with Gasteiger partial charge in [-0.1, -0.05) is 0 Å². The van der Waals surface area contributed by atoms with Gasteiger partial charge in [-0.2, -0.15) is 0 Å². The maximum Gasteiger partial charge on any atom is 0.134 e. The molecule has 1 saturated heterocycles. The van der Waals surface area contributed by atoms with Crippen LogP contribution in [0.5, 0.6) is 0 Å². The van der Waals surface area contributed by atoms with Crippen molar-refractivity contribution >= 4 is 11.6 Å². The van der Waals surface area contributed by atoms with Gasteiger partial charge in [0.1, 0.15) is 18.0 Å². The third-order valence-electron chi connectivity index (χ3n) is 1.85. The molecule has 0 aromatic carbocycles. The summed E-state index contributed by atoms with van der Waals surface area (Å²) in [5, 5.41) is 0. The van der Waals surface area contributed by atoms with Gasteiger partial charge in [0.25, 0.3) is 0 Å². The average Bonchev–Trinajstić information content (AvgIpc) is 1.83. The van der Waals surface area contributed by atoms with Gasteiger partial charge in [0.2, 0.25) is 0 Å². The molecule has 4 nitrogen and oxygen atoms in total. The van der Waals surface area contributed by atoms with E-state index >= 15 is 0 Å². The minimum Gasteiger partial charge on any atom is -0.384 e.